The maximum atomic E-state index is 13.0. The molecule has 0 saturated heterocycles. The highest BCUT2D eigenvalue weighted by Gasteiger charge is 2.17. The van der Waals surface area contributed by atoms with Crippen molar-refractivity contribution in [1.29, 1.82) is 0 Å². The van der Waals surface area contributed by atoms with Crippen molar-refractivity contribution in [3.63, 3.8) is 0 Å². The molecule has 29 heavy (non-hydrogen) atoms. The number of rotatable bonds is 9. The van der Waals surface area contributed by atoms with Gasteiger partial charge in [-0.05, 0) is 42.5 Å². The Morgan fingerprint density at radius 2 is 1.90 bits per heavy atom. The van der Waals surface area contributed by atoms with Crippen LogP contribution in [0.4, 0.5) is 0 Å². The minimum Gasteiger partial charge on any atom is -0.454 e. The summed E-state index contributed by atoms with van der Waals surface area (Å²) in [6, 6.07) is 16.3. The van der Waals surface area contributed by atoms with Crippen LogP contribution in [0.25, 0.3) is 0 Å². The summed E-state index contributed by atoms with van der Waals surface area (Å²) in [7, 11) is 0. The van der Waals surface area contributed by atoms with E-state index < -0.39 is 0 Å². The van der Waals surface area contributed by atoms with Crippen molar-refractivity contribution < 1.29 is 14.3 Å². The van der Waals surface area contributed by atoms with E-state index in [-0.39, 0.29) is 12.7 Å². The first-order valence-electron chi connectivity index (χ1n) is 9.86. The van der Waals surface area contributed by atoms with Crippen LogP contribution in [0.2, 0.25) is 0 Å². The molecule has 0 radical (unpaired) electrons. The van der Waals surface area contributed by atoms with Gasteiger partial charge < -0.3 is 14.4 Å². The molecule has 0 unspecified atom stereocenters. The number of amides is 1. The largest absolute Gasteiger partial charge is 0.454 e. The Labute approximate surface area is 174 Å². The topological polar surface area (TPSA) is 51.7 Å². The summed E-state index contributed by atoms with van der Waals surface area (Å²) in [5, 5.41) is 2.93. The van der Waals surface area contributed by atoms with Crippen LogP contribution in [0, 0.1) is 0 Å². The normalized spacial score (nSPS) is 12.1. The van der Waals surface area contributed by atoms with Gasteiger partial charge in [0, 0.05) is 24.5 Å². The molecule has 6 heteroatoms. The predicted octanol–water partition coefficient (Wildman–Crippen LogP) is 4.47. The second-order valence-corrected chi connectivity index (χ2v) is 8.00. The number of aryl methyl sites for hydroxylation is 2. The first-order valence-corrected chi connectivity index (χ1v) is 10.7. The zero-order valence-electron chi connectivity index (χ0n) is 16.3. The number of aromatic nitrogens is 1. The van der Waals surface area contributed by atoms with Crippen LogP contribution in [0.15, 0.2) is 60.1 Å². The lowest BCUT2D eigenvalue weighted by molar-refractivity contribution is -0.131. The Hall–Kier alpha value is -2.86. The minimum absolute atomic E-state index is 0.158. The van der Waals surface area contributed by atoms with Crippen molar-refractivity contribution in [1.82, 2.24) is 9.88 Å². The van der Waals surface area contributed by atoms with Gasteiger partial charge >= 0.3 is 0 Å². The Morgan fingerprint density at radius 3 is 2.72 bits per heavy atom. The summed E-state index contributed by atoms with van der Waals surface area (Å²) in [6.07, 6.45) is 4.84. The third kappa shape index (κ3) is 5.35. The fraction of sp³-hybridized carbons (Fsp3) is 0.304. The van der Waals surface area contributed by atoms with Crippen molar-refractivity contribution in [2.75, 3.05) is 13.3 Å². The van der Waals surface area contributed by atoms with E-state index in [1.807, 2.05) is 34.5 Å². The Balaban J connectivity index is 1.34. The molecule has 0 saturated carbocycles. The molecule has 2 heterocycles. The molecule has 4 rings (SSSR count). The summed E-state index contributed by atoms with van der Waals surface area (Å²) in [6.45, 7) is 1.57. The minimum atomic E-state index is 0.158. The molecule has 0 aliphatic carbocycles. The average Bonchev–Trinajstić information content (AvgIpc) is 3.43. The van der Waals surface area contributed by atoms with E-state index >= 15 is 0 Å². The van der Waals surface area contributed by atoms with E-state index in [0.717, 1.165) is 41.5 Å². The van der Waals surface area contributed by atoms with Crippen LogP contribution in [0.5, 0.6) is 11.5 Å². The number of nitrogens with zero attached hydrogens (tertiary/aromatic N) is 2. The average molecular weight is 409 g/mol. The van der Waals surface area contributed by atoms with E-state index in [9.17, 15) is 4.79 Å². The van der Waals surface area contributed by atoms with Gasteiger partial charge in [0.25, 0.3) is 0 Å². The van der Waals surface area contributed by atoms with Gasteiger partial charge in [-0.1, -0.05) is 36.4 Å². The number of benzene rings is 2. The van der Waals surface area contributed by atoms with Crippen molar-refractivity contribution in [2.24, 2.45) is 0 Å². The standard InChI is InChI=1S/C23H24N2O3S/c26-23(11-9-19-8-10-20-21(15-19)28-17-27-20)25(16-22-24-12-14-29-22)13-4-7-18-5-2-1-3-6-18/h1-3,5-6,8,10,12,14-15H,4,7,9,11,13,16-17H2. The van der Waals surface area contributed by atoms with Crippen LogP contribution < -0.4 is 9.47 Å². The molecule has 3 aromatic rings. The molecule has 1 aromatic heterocycles. The molecule has 1 aliphatic heterocycles. The summed E-state index contributed by atoms with van der Waals surface area (Å²) >= 11 is 1.59. The fourth-order valence-electron chi connectivity index (χ4n) is 3.41. The fourth-order valence-corrected chi connectivity index (χ4v) is 4.04. The lowest BCUT2D eigenvalue weighted by Crippen LogP contribution is -2.32. The first-order chi connectivity index (χ1) is 14.3. The number of thiazole rings is 1. The zero-order valence-corrected chi connectivity index (χ0v) is 17.1. The van der Waals surface area contributed by atoms with Crippen molar-refractivity contribution in [3.8, 4) is 11.5 Å². The van der Waals surface area contributed by atoms with Crippen molar-refractivity contribution in [2.45, 2.75) is 32.2 Å². The van der Waals surface area contributed by atoms with Crippen LogP contribution >= 0.6 is 11.3 Å². The van der Waals surface area contributed by atoms with Crippen LogP contribution in [0.1, 0.15) is 29.0 Å². The lowest BCUT2D eigenvalue weighted by Gasteiger charge is -2.22. The van der Waals surface area contributed by atoms with Gasteiger partial charge in [0.1, 0.15) is 5.01 Å². The smallest absolute Gasteiger partial charge is 0.231 e. The number of carbonyl (C=O) groups excluding carboxylic acids is 1. The van der Waals surface area contributed by atoms with Crippen LogP contribution in [-0.4, -0.2) is 29.1 Å². The summed E-state index contributed by atoms with van der Waals surface area (Å²) in [5.74, 6) is 1.69. The molecule has 0 bridgehead atoms. The molecule has 0 N–H and O–H groups in total. The van der Waals surface area contributed by atoms with Gasteiger partial charge in [0.15, 0.2) is 11.5 Å². The molecular formula is C23H24N2O3S. The van der Waals surface area contributed by atoms with E-state index in [4.69, 9.17) is 9.47 Å². The maximum Gasteiger partial charge on any atom is 0.231 e. The third-order valence-corrected chi connectivity index (χ3v) is 5.73. The quantitative estimate of drug-likeness (QED) is 0.524. The highest BCUT2D eigenvalue weighted by molar-refractivity contribution is 7.09. The SMILES string of the molecule is O=C(CCc1ccc2c(c1)OCO2)N(CCCc1ccccc1)Cc1nccs1. The third-order valence-electron chi connectivity index (χ3n) is 4.96. The van der Waals surface area contributed by atoms with Gasteiger partial charge in [0.05, 0.1) is 6.54 Å². The Kier molecular flexibility index (Phi) is 6.42. The molecule has 0 fully saturated rings. The number of fused-ring (bicyclic) bond motifs is 1. The number of hydrogen-bond acceptors (Lipinski definition) is 5. The number of ether oxygens (including phenoxy) is 2. The van der Waals surface area contributed by atoms with Crippen molar-refractivity contribution >= 4 is 17.2 Å². The maximum absolute atomic E-state index is 13.0. The van der Waals surface area contributed by atoms with E-state index in [1.54, 1.807) is 17.5 Å². The number of carbonyl (C=O) groups is 1. The first kappa shape index (κ1) is 19.5. The van der Waals surface area contributed by atoms with Crippen LogP contribution in [0.3, 0.4) is 0 Å². The van der Waals surface area contributed by atoms with E-state index in [1.165, 1.54) is 5.56 Å². The Bertz CT molecular complexity index is 929. The highest BCUT2D eigenvalue weighted by atomic mass is 32.1. The molecule has 0 spiro atoms. The molecule has 1 amide bonds. The van der Waals surface area contributed by atoms with Gasteiger partial charge in [-0.25, -0.2) is 4.98 Å². The zero-order chi connectivity index (χ0) is 19.9. The highest BCUT2D eigenvalue weighted by Crippen LogP contribution is 2.32. The van der Waals surface area contributed by atoms with Gasteiger partial charge in [-0.2, -0.15) is 0 Å². The molecule has 2 aromatic carbocycles. The van der Waals surface area contributed by atoms with Gasteiger partial charge in [0.2, 0.25) is 12.7 Å². The molecule has 1 aliphatic rings. The van der Waals surface area contributed by atoms with Gasteiger partial charge in [-0.3, -0.25) is 4.79 Å². The lowest BCUT2D eigenvalue weighted by atomic mass is 10.1. The van der Waals surface area contributed by atoms with Crippen LogP contribution in [-0.2, 0) is 24.2 Å². The Morgan fingerprint density at radius 1 is 1.03 bits per heavy atom. The predicted molar refractivity (Wildman–Crippen MR) is 113 cm³/mol. The van der Waals surface area contributed by atoms with Gasteiger partial charge in [-0.15, -0.1) is 11.3 Å². The molecule has 150 valence electrons. The summed E-state index contributed by atoms with van der Waals surface area (Å²) < 4.78 is 10.8. The second kappa shape index (κ2) is 9.56. The van der Waals surface area contributed by atoms with E-state index in [0.29, 0.717) is 19.4 Å². The number of hydrogen-bond donors (Lipinski definition) is 0. The summed E-state index contributed by atoms with van der Waals surface area (Å²) in [4.78, 5) is 19.3. The van der Waals surface area contributed by atoms with E-state index in [2.05, 4.69) is 29.2 Å². The second-order valence-electron chi connectivity index (χ2n) is 7.02. The molecule has 0 atom stereocenters. The monoisotopic (exact) mass is 408 g/mol. The molecule has 5 nitrogen and oxygen atoms in total. The summed E-state index contributed by atoms with van der Waals surface area (Å²) in [5.41, 5.74) is 2.38. The van der Waals surface area contributed by atoms with Crippen molar-refractivity contribution in [3.05, 3.63) is 76.2 Å². The molecular weight excluding hydrogens is 384 g/mol.